The Morgan fingerprint density at radius 1 is 1.47 bits per heavy atom. The Labute approximate surface area is 92.7 Å². The van der Waals surface area contributed by atoms with Gasteiger partial charge in [-0.2, -0.15) is 0 Å². The van der Waals surface area contributed by atoms with Crippen molar-refractivity contribution in [2.45, 2.75) is 46.6 Å². The molecule has 1 heterocycles. The number of rotatable bonds is 7. The first-order valence-corrected chi connectivity index (χ1v) is 5.95. The van der Waals surface area contributed by atoms with E-state index < -0.39 is 0 Å². The SMILES string of the molecule is CCCNCc1cnc(CCC(C)C)[nH]1. The first kappa shape index (κ1) is 12.2. The van der Waals surface area contributed by atoms with E-state index in [0.29, 0.717) is 0 Å². The van der Waals surface area contributed by atoms with Crippen LogP contribution in [0.25, 0.3) is 0 Å². The Balaban J connectivity index is 2.29. The number of nitrogens with one attached hydrogen (secondary N) is 2. The summed E-state index contributed by atoms with van der Waals surface area (Å²) in [6.07, 6.45) is 5.38. The molecule has 0 fully saturated rings. The molecule has 0 aromatic carbocycles. The standard InChI is InChI=1S/C12H23N3/c1-4-7-13-8-11-9-14-12(15-11)6-5-10(2)3/h9-10,13H,4-8H2,1-3H3,(H,14,15). The van der Waals surface area contributed by atoms with Crippen LogP contribution in [0.5, 0.6) is 0 Å². The van der Waals surface area contributed by atoms with Gasteiger partial charge in [0, 0.05) is 24.9 Å². The van der Waals surface area contributed by atoms with E-state index in [0.717, 1.165) is 31.3 Å². The van der Waals surface area contributed by atoms with E-state index >= 15 is 0 Å². The molecule has 2 N–H and O–H groups in total. The molecule has 0 aliphatic heterocycles. The molecule has 3 heteroatoms. The Morgan fingerprint density at radius 2 is 2.27 bits per heavy atom. The first-order valence-electron chi connectivity index (χ1n) is 5.95. The van der Waals surface area contributed by atoms with Crippen LogP contribution in [0.1, 0.15) is 45.1 Å². The van der Waals surface area contributed by atoms with Gasteiger partial charge in [-0.3, -0.25) is 0 Å². The number of aromatic amines is 1. The summed E-state index contributed by atoms with van der Waals surface area (Å²) >= 11 is 0. The third-order valence-corrected chi connectivity index (χ3v) is 2.38. The fraction of sp³-hybridized carbons (Fsp3) is 0.750. The Bertz CT molecular complexity index is 266. The lowest BCUT2D eigenvalue weighted by Gasteiger charge is -2.01. The molecule has 1 aromatic heterocycles. The van der Waals surface area contributed by atoms with Gasteiger partial charge in [-0.05, 0) is 25.3 Å². The molecule has 0 saturated heterocycles. The van der Waals surface area contributed by atoms with Gasteiger partial charge in [0.1, 0.15) is 5.82 Å². The molecule has 0 atom stereocenters. The van der Waals surface area contributed by atoms with E-state index in [2.05, 4.69) is 36.1 Å². The van der Waals surface area contributed by atoms with Crippen LogP contribution in [0.15, 0.2) is 6.20 Å². The van der Waals surface area contributed by atoms with Crippen molar-refractivity contribution >= 4 is 0 Å². The predicted octanol–water partition coefficient (Wildman–Crippen LogP) is 2.50. The van der Waals surface area contributed by atoms with E-state index in [9.17, 15) is 0 Å². The second-order valence-electron chi connectivity index (χ2n) is 4.46. The second kappa shape index (κ2) is 6.62. The lowest BCUT2D eigenvalue weighted by Crippen LogP contribution is -2.13. The normalized spacial score (nSPS) is 11.2. The van der Waals surface area contributed by atoms with Gasteiger partial charge < -0.3 is 10.3 Å². The average molecular weight is 209 g/mol. The van der Waals surface area contributed by atoms with Crippen LogP contribution in [0, 0.1) is 5.92 Å². The van der Waals surface area contributed by atoms with Gasteiger partial charge >= 0.3 is 0 Å². The van der Waals surface area contributed by atoms with Crippen molar-refractivity contribution in [2.24, 2.45) is 5.92 Å². The topological polar surface area (TPSA) is 40.7 Å². The molecule has 0 aliphatic rings. The maximum atomic E-state index is 4.37. The van der Waals surface area contributed by atoms with Crippen molar-refractivity contribution < 1.29 is 0 Å². The van der Waals surface area contributed by atoms with Crippen LogP contribution < -0.4 is 5.32 Å². The largest absolute Gasteiger partial charge is 0.345 e. The Kier molecular flexibility index (Phi) is 5.40. The third-order valence-electron chi connectivity index (χ3n) is 2.38. The monoisotopic (exact) mass is 209 g/mol. The first-order chi connectivity index (χ1) is 7.22. The van der Waals surface area contributed by atoms with E-state index in [1.54, 1.807) is 0 Å². The van der Waals surface area contributed by atoms with E-state index in [1.165, 1.54) is 18.5 Å². The maximum Gasteiger partial charge on any atom is 0.106 e. The van der Waals surface area contributed by atoms with Gasteiger partial charge in [-0.15, -0.1) is 0 Å². The molecule has 86 valence electrons. The molecule has 0 unspecified atom stereocenters. The number of nitrogens with zero attached hydrogens (tertiary/aromatic N) is 1. The molecule has 0 saturated carbocycles. The summed E-state index contributed by atoms with van der Waals surface area (Å²) in [5.41, 5.74) is 1.20. The molecule has 0 amide bonds. The van der Waals surface area contributed by atoms with Crippen LogP contribution in [-0.2, 0) is 13.0 Å². The van der Waals surface area contributed by atoms with E-state index in [-0.39, 0.29) is 0 Å². The zero-order valence-electron chi connectivity index (χ0n) is 10.1. The molecule has 1 aromatic rings. The summed E-state index contributed by atoms with van der Waals surface area (Å²) in [5, 5.41) is 3.36. The summed E-state index contributed by atoms with van der Waals surface area (Å²) < 4.78 is 0. The number of hydrogen-bond acceptors (Lipinski definition) is 2. The average Bonchev–Trinajstić information content (AvgIpc) is 2.63. The summed E-state index contributed by atoms with van der Waals surface area (Å²) in [7, 11) is 0. The molecule has 0 aliphatic carbocycles. The van der Waals surface area contributed by atoms with E-state index in [1.807, 2.05) is 6.20 Å². The van der Waals surface area contributed by atoms with Crippen LogP contribution in [0.3, 0.4) is 0 Å². The maximum absolute atomic E-state index is 4.37. The van der Waals surface area contributed by atoms with Crippen LogP contribution >= 0.6 is 0 Å². The Morgan fingerprint density at radius 3 is 2.93 bits per heavy atom. The summed E-state index contributed by atoms with van der Waals surface area (Å²) in [5.74, 6) is 1.87. The van der Waals surface area contributed by atoms with Crippen molar-refractivity contribution in [2.75, 3.05) is 6.54 Å². The van der Waals surface area contributed by atoms with E-state index in [4.69, 9.17) is 0 Å². The highest BCUT2D eigenvalue weighted by Crippen LogP contribution is 2.06. The number of imidazole rings is 1. The summed E-state index contributed by atoms with van der Waals surface area (Å²) in [4.78, 5) is 7.73. The lowest BCUT2D eigenvalue weighted by atomic mass is 10.1. The van der Waals surface area contributed by atoms with Gasteiger partial charge in [0.25, 0.3) is 0 Å². The highest BCUT2D eigenvalue weighted by molar-refractivity contribution is 5.01. The molecular weight excluding hydrogens is 186 g/mol. The lowest BCUT2D eigenvalue weighted by molar-refractivity contribution is 0.576. The number of aryl methyl sites for hydroxylation is 1. The number of hydrogen-bond donors (Lipinski definition) is 2. The van der Waals surface area contributed by atoms with Gasteiger partial charge in [0.05, 0.1) is 0 Å². The quantitative estimate of drug-likeness (QED) is 0.677. The third kappa shape index (κ3) is 4.98. The van der Waals surface area contributed by atoms with Gasteiger partial charge in [0.15, 0.2) is 0 Å². The molecule has 0 spiro atoms. The highest BCUT2D eigenvalue weighted by atomic mass is 15.0. The molecule has 3 nitrogen and oxygen atoms in total. The zero-order valence-corrected chi connectivity index (χ0v) is 10.1. The second-order valence-corrected chi connectivity index (χ2v) is 4.46. The fourth-order valence-electron chi connectivity index (χ4n) is 1.45. The van der Waals surface area contributed by atoms with Crippen molar-refractivity contribution in [1.29, 1.82) is 0 Å². The molecule has 15 heavy (non-hydrogen) atoms. The van der Waals surface area contributed by atoms with Gasteiger partial charge in [-0.25, -0.2) is 4.98 Å². The van der Waals surface area contributed by atoms with Crippen molar-refractivity contribution in [3.05, 3.63) is 17.7 Å². The minimum absolute atomic E-state index is 0.747. The summed E-state index contributed by atoms with van der Waals surface area (Å²) in [6.45, 7) is 8.64. The minimum atomic E-state index is 0.747. The smallest absolute Gasteiger partial charge is 0.106 e. The van der Waals surface area contributed by atoms with Crippen LogP contribution in [0.2, 0.25) is 0 Å². The predicted molar refractivity (Wildman–Crippen MR) is 63.7 cm³/mol. The van der Waals surface area contributed by atoms with Crippen molar-refractivity contribution in [1.82, 2.24) is 15.3 Å². The zero-order chi connectivity index (χ0) is 11.1. The van der Waals surface area contributed by atoms with Crippen LogP contribution in [-0.4, -0.2) is 16.5 Å². The van der Waals surface area contributed by atoms with Gasteiger partial charge in [0.2, 0.25) is 0 Å². The fourth-order valence-corrected chi connectivity index (χ4v) is 1.45. The molecule has 0 bridgehead atoms. The molecule has 1 rings (SSSR count). The molecular formula is C12H23N3. The minimum Gasteiger partial charge on any atom is -0.345 e. The van der Waals surface area contributed by atoms with Crippen molar-refractivity contribution in [3.63, 3.8) is 0 Å². The highest BCUT2D eigenvalue weighted by Gasteiger charge is 2.01. The number of aromatic nitrogens is 2. The number of H-pyrrole nitrogens is 1. The van der Waals surface area contributed by atoms with Gasteiger partial charge in [-0.1, -0.05) is 20.8 Å². The van der Waals surface area contributed by atoms with Crippen molar-refractivity contribution in [3.8, 4) is 0 Å². The summed E-state index contributed by atoms with van der Waals surface area (Å²) in [6, 6.07) is 0. The van der Waals surface area contributed by atoms with Crippen LogP contribution in [0.4, 0.5) is 0 Å². The molecule has 0 radical (unpaired) electrons. The Hall–Kier alpha value is -0.830.